The summed E-state index contributed by atoms with van der Waals surface area (Å²) in [5.74, 6) is 1.19. The van der Waals surface area contributed by atoms with Crippen molar-refractivity contribution < 1.29 is 18.7 Å². The van der Waals surface area contributed by atoms with Gasteiger partial charge in [0.05, 0.1) is 7.11 Å². The van der Waals surface area contributed by atoms with Gasteiger partial charge in [-0.2, -0.15) is 0 Å². The number of aromatic nitrogens is 2. The quantitative estimate of drug-likeness (QED) is 0.790. The van der Waals surface area contributed by atoms with Crippen LogP contribution >= 0.6 is 11.3 Å². The minimum absolute atomic E-state index is 0.125. The molecule has 0 amide bonds. The number of hydrogen-bond acceptors (Lipinski definition) is 7. The minimum atomic E-state index is -0.411. The Balaban J connectivity index is 2.08. The van der Waals surface area contributed by atoms with Crippen molar-refractivity contribution >= 4 is 17.3 Å². The first-order valence-electron chi connectivity index (χ1n) is 6.15. The topological polar surface area (TPSA) is 74.5 Å². The Kier molecular flexibility index (Phi) is 4.39. The second-order valence-electron chi connectivity index (χ2n) is 4.52. The predicted octanol–water partition coefficient (Wildman–Crippen LogP) is 2.93. The highest BCUT2D eigenvalue weighted by molar-refractivity contribution is 7.14. The molecular weight excluding hydrogens is 280 g/mol. The monoisotopic (exact) mass is 296 g/mol. The zero-order valence-electron chi connectivity index (χ0n) is 11.8. The molecule has 0 radical (unpaired) electrons. The van der Waals surface area contributed by atoms with E-state index in [2.05, 4.69) is 10.2 Å². The molecule has 0 aliphatic rings. The Morgan fingerprint density at radius 2 is 2.20 bits per heavy atom. The van der Waals surface area contributed by atoms with Crippen LogP contribution in [0, 0.1) is 6.92 Å². The molecule has 0 bridgehead atoms. The molecule has 0 fully saturated rings. The van der Waals surface area contributed by atoms with Gasteiger partial charge in [0, 0.05) is 10.8 Å². The van der Waals surface area contributed by atoms with Gasteiger partial charge in [0.25, 0.3) is 5.89 Å². The number of carbonyl (C=O) groups excluding carboxylic acids is 1. The number of esters is 1. The number of aryl methyl sites for hydroxylation is 1. The molecule has 0 aliphatic carbocycles. The molecule has 0 saturated carbocycles. The zero-order valence-corrected chi connectivity index (χ0v) is 12.6. The highest BCUT2D eigenvalue weighted by Gasteiger charge is 2.18. The van der Waals surface area contributed by atoms with Crippen LogP contribution in [0.1, 0.15) is 46.1 Å². The largest absolute Gasteiger partial charge is 0.482 e. The summed E-state index contributed by atoms with van der Waals surface area (Å²) in [6.45, 7) is 5.96. The van der Waals surface area contributed by atoms with Crippen molar-refractivity contribution in [3.63, 3.8) is 0 Å². The molecule has 0 aliphatic heterocycles. The number of ether oxygens (including phenoxy) is 2. The number of hydrogen-bond donors (Lipinski definition) is 0. The van der Waals surface area contributed by atoms with E-state index in [9.17, 15) is 4.79 Å². The molecule has 0 saturated heterocycles. The van der Waals surface area contributed by atoms with E-state index >= 15 is 0 Å². The van der Waals surface area contributed by atoms with Crippen molar-refractivity contribution in [1.82, 2.24) is 10.2 Å². The smallest absolute Gasteiger partial charge is 0.351 e. The normalized spacial score (nSPS) is 10.8. The van der Waals surface area contributed by atoms with Gasteiger partial charge in [0.1, 0.15) is 5.75 Å². The first-order valence-corrected chi connectivity index (χ1v) is 6.96. The standard InChI is InChI=1S/C13H16N2O4S/c1-7(2)12-15-14-10(19-12)6-18-9-5-8(3)20-11(9)13(16)17-4/h5,7H,6H2,1-4H3. The summed E-state index contributed by atoms with van der Waals surface area (Å²) in [4.78, 5) is 13.0. The summed E-state index contributed by atoms with van der Waals surface area (Å²) in [7, 11) is 1.34. The first kappa shape index (κ1) is 14.5. The van der Waals surface area contributed by atoms with Gasteiger partial charge in [-0.3, -0.25) is 0 Å². The minimum Gasteiger partial charge on any atom is -0.482 e. The van der Waals surface area contributed by atoms with E-state index in [4.69, 9.17) is 13.9 Å². The number of thiophene rings is 1. The van der Waals surface area contributed by atoms with Crippen LogP contribution in [0.4, 0.5) is 0 Å². The average Bonchev–Trinajstić information content (AvgIpc) is 3.02. The lowest BCUT2D eigenvalue weighted by atomic mass is 10.2. The van der Waals surface area contributed by atoms with E-state index in [1.807, 2.05) is 20.8 Å². The van der Waals surface area contributed by atoms with Crippen molar-refractivity contribution in [2.45, 2.75) is 33.3 Å². The lowest BCUT2D eigenvalue weighted by molar-refractivity contribution is 0.0601. The summed E-state index contributed by atoms with van der Waals surface area (Å²) in [5, 5.41) is 7.82. The number of carbonyl (C=O) groups is 1. The molecule has 20 heavy (non-hydrogen) atoms. The maximum absolute atomic E-state index is 11.6. The fourth-order valence-electron chi connectivity index (χ4n) is 1.53. The molecule has 2 rings (SSSR count). The third-order valence-corrected chi connectivity index (χ3v) is 3.53. The molecule has 7 heteroatoms. The Labute approximate surface area is 120 Å². The fraction of sp³-hybridized carbons (Fsp3) is 0.462. The van der Waals surface area contributed by atoms with Gasteiger partial charge < -0.3 is 13.9 Å². The van der Waals surface area contributed by atoms with Crippen LogP contribution in [0.3, 0.4) is 0 Å². The second-order valence-corrected chi connectivity index (χ2v) is 5.78. The van der Waals surface area contributed by atoms with Gasteiger partial charge in [0.2, 0.25) is 5.89 Å². The summed E-state index contributed by atoms with van der Waals surface area (Å²) < 4.78 is 15.7. The molecule has 0 aromatic carbocycles. The van der Waals surface area contributed by atoms with Crippen LogP contribution < -0.4 is 4.74 Å². The predicted molar refractivity (Wildman–Crippen MR) is 73.1 cm³/mol. The van der Waals surface area contributed by atoms with Gasteiger partial charge in [-0.05, 0) is 13.0 Å². The number of nitrogens with zero attached hydrogens (tertiary/aromatic N) is 2. The molecule has 2 aromatic heterocycles. The summed E-state index contributed by atoms with van der Waals surface area (Å²) >= 11 is 1.33. The zero-order chi connectivity index (χ0) is 14.7. The van der Waals surface area contributed by atoms with E-state index in [-0.39, 0.29) is 12.5 Å². The van der Waals surface area contributed by atoms with Crippen molar-refractivity contribution in [3.8, 4) is 5.75 Å². The van der Waals surface area contributed by atoms with E-state index in [1.165, 1.54) is 18.4 Å². The molecule has 0 atom stereocenters. The van der Waals surface area contributed by atoms with Crippen molar-refractivity contribution in [1.29, 1.82) is 0 Å². The van der Waals surface area contributed by atoms with Crippen molar-refractivity contribution in [2.75, 3.05) is 7.11 Å². The molecule has 0 spiro atoms. The highest BCUT2D eigenvalue weighted by Crippen LogP contribution is 2.30. The van der Waals surface area contributed by atoms with E-state index in [0.29, 0.717) is 22.4 Å². The van der Waals surface area contributed by atoms with Crippen molar-refractivity contribution in [3.05, 3.63) is 27.6 Å². The van der Waals surface area contributed by atoms with Gasteiger partial charge in [-0.1, -0.05) is 13.8 Å². The van der Waals surface area contributed by atoms with Gasteiger partial charge in [0.15, 0.2) is 11.5 Å². The maximum atomic E-state index is 11.6. The first-order chi connectivity index (χ1) is 9.51. The summed E-state index contributed by atoms with van der Waals surface area (Å²) in [5.41, 5.74) is 0. The van der Waals surface area contributed by atoms with Crippen molar-refractivity contribution in [2.24, 2.45) is 0 Å². The molecular formula is C13H16N2O4S. The molecule has 2 heterocycles. The average molecular weight is 296 g/mol. The van der Waals surface area contributed by atoms with Crippen LogP contribution in [0.25, 0.3) is 0 Å². The van der Waals surface area contributed by atoms with Crippen LogP contribution in [0.5, 0.6) is 5.75 Å². The van der Waals surface area contributed by atoms with E-state index in [1.54, 1.807) is 6.07 Å². The van der Waals surface area contributed by atoms with E-state index in [0.717, 1.165) is 4.88 Å². The van der Waals surface area contributed by atoms with Crippen LogP contribution in [0.2, 0.25) is 0 Å². The van der Waals surface area contributed by atoms with Gasteiger partial charge in [-0.15, -0.1) is 21.5 Å². The maximum Gasteiger partial charge on any atom is 0.351 e. The lowest BCUT2D eigenvalue weighted by Crippen LogP contribution is -2.02. The molecule has 108 valence electrons. The number of methoxy groups -OCH3 is 1. The van der Waals surface area contributed by atoms with Gasteiger partial charge >= 0.3 is 5.97 Å². The Bertz CT molecular complexity index is 603. The highest BCUT2D eigenvalue weighted by atomic mass is 32.1. The SMILES string of the molecule is COC(=O)c1sc(C)cc1OCc1nnc(C(C)C)o1. The van der Waals surface area contributed by atoms with Crippen LogP contribution in [-0.4, -0.2) is 23.3 Å². The molecule has 0 unspecified atom stereocenters. The fourth-order valence-corrected chi connectivity index (χ4v) is 2.40. The Hall–Kier alpha value is -1.89. The van der Waals surface area contributed by atoms with Gasteiger partial charge in [-0.25, -0.2) is 4.79 Å². The van der Waals surface area contributed by atoms with Crippen LogP contribution in [0.15, 0.2) is 10.5 Å². The number of rotatable bonds is 5. The third kappa shape index (κ3) is 3.16. The summed E-state index contributed by atoms with van der Waals surface area (Å²) in [6, 6.07) is 1.79. The second kappa shape index (κ2) is 6.04. The third-order valence-electron chi connectivity index (χ3n) is 2.52. The Morgan fingerprint density at radius 3 is 2.80 bits per heavy atom. The van der Waals surface area contributed by atoms with E-state index < -0.39 is 5.97 Å². The Morgan fingerprint density at radius 1 is 1.45 bits per heavy atom. The summed E-state index contributed by atoms with van der Waals surface area (Å²) in [6.07, 6.45) is 0. The molecule has 2 aromatic rings. The molecule has 6 nitrogen and oxygen atoms in total. The van der Waals surface area contributed by atoms with Crippen LogP contribution in [-0.2, 0) is 11.3 Å². The lowest BCUT2D eigenvalue weighted by Gasteiger charge is -2.03. The molecule has 0 N–H and O–H groups in total.